The molecule has 0 aliphatic heterocycles. The van der Waals surface area contributed by atoms with Gasteiger partial charge >= 0.3 is 5.97 Å². The monoisotopic (exact) mass is 458 g/mol. The standard InChI is InChI=1S/C22H22N2O5S2/c1-14-12-20(23-19-7-5-4-6-18(14)19)30-13-21(25)29-15(2)22(26)16-8-10-17(11-9-16)24-31(3,27)28/h4-12,15,24H,13H2,1-3H3. The Morgan fingerprint density at radius 2 is 1.81 bits per heavy atom. The van der Waals surface area contributed by atoms with Crippen molar-refractivity contribution in [2.24, 2.45) is 0 Å². The van der Waals surface area contributed by atoms with Crippen LogP contribution in [0.5, 0.6) is 0 Å². The van der Waals surface area contributed by atoms with Gasteiger partial charge in [0.1, 0.15) is 0 Å². The van der Waals surface area contributed by atoms with E-state index in [4.69, 9.17) is 4.74 Å². The average molecular weight is 459 g/mol. The van der Waals surface area contributed by atoms with Gasteiger partial charge in [0.15, 0.2) is 6.10 Å². The molecule has 3 aromatic rings. The van der Waals surface area contributed by atoms with Crippen molar-refractivity contribution >= 4 is 50.1 Å². The number of thioether (sulfide) groups is 1. The Hall–Kier alpha value is -2.91. The van der Waals surface area contributed by atoms with Crippen LogP contribution in [0.3, 0.4) is 0 Å². The van der Waals surface area contributed by atoms with Crippen LogP contribution >= 0.6 is 11.8 Å². The summed E-state index contributed by atoms with van der Waals surface area (Å²) >= 11 is 1.25. The molecule has 0 saturated heterocycles. The van der Waals surface area contributed by atoms with E-state index in [1.54, 1.807) is 0 Å². The summed E-state index contributed by atoms with van der Waals surface area (Å²) in [5, 5.41) is 1.77. The molecular formula is C22H22N2O5S2. The second-order valence-electron chi connectivity index (χ2n) is 7.03. The first-order valence-electron chi connectivity index (χ1n) is 9.43. The highest BCUT2D eigenvalue weighted by molar-refractivity contribution is 7.99. The summed E-state index contributed by atoms with van der Waals surface area (Å²) in [5.74, 6) is -0.864. The van der Waals surface area contributed by atoms with E-state index in [0.29, 0.717) is 16.3 Å². The van der Waals surface area contributed by atoms with Gasteiger partial charge in [0.25, 0.3) is 0 Å². The number of carbonyl (C=O) groups is 2. The molecule has 0 aliphatic carbocycles. The van der Waals surface area contributed by atoms with Crippen LogP contribution in [0.15, 0.2) is 59.6 Å². The molecule has 3 rings (SSSR count). The number of hydrogen-bond donors (Lipinski definition) is 1. The number of pyridine rings is 1. The molecule has 1 heterocycles. The van der Waals surface area contributed by atoms with E-state index < -0.39 is 22.1 Å². The zero-order valence-corrected chi connectivity index (χ0v) is 18.9. The first-order valence-corrected chi connectivity index (χ1v) is 12.3. The number of ketones is 1. The van der Waals surface area contributed by atoms with E-state index in [1.165, 1.54) is 43.0 Å². The number of anilines is 1. The molecule has 0 amide bonds. The van der Waals surface area contributed by atoms with Crippen LogP contribution in [0, 0.1) is 6.92 Å². The summed E-state index contributed by atoms with van der Waals surface area (Å²) in [6.07, 6.45) is 0.0773. The normalized spacial score (nSPS) is 12.4. The largest absolute Gasteiger partial charge is 0.454 e. The molecule has 1 atom stereocenters. The fourth-order valence-corrected chi connectivity index (χ4v) is 4.28. The van der Waals surface area contributed by atoms with Crippen LogP contribution in [-0.2, 0) is 19.6 Å². The smallest absolute Gasteiger partial charge is 0.317 e. The predicted molar refractivity (Wildman–Crippen MR) is 122 cm³/mol. The summed E-state index contributed by atoms with van der Waals surface area (Å²) in [7, 11) is -3.40. The quantitative estimate of drug-likeness (QED) is 0.311. The van der Waals surface area contributed by atoms with E-state index >= 15 is 0 Å². The highest BCUT2D eigenvalue weighted by Gasteiger charge is 2.20. The van der Waals surface area contributed by atoms with Gasteiger partial charge in [-0.05, 0) is 55.8 Å². The van der Waals surface area contributed by atoms with Crippen LogP contribution in [-0.4, -0.2) is 43.3 Å². The van der Waals surface area contributed by atoms with Crippen LogP contribution < -0.4 is 4.72 Å². The number of rotatable bonds is 8. The van der Waals surface area contributed by atoms with Crippen molar-refractivity contribution in [1.29, 1.82) is 0 Å². The summed E-state index contributed by atoms with van der Waals surface area (Å²) < 4.78 is 30.1. The van der Waals surface area contributed by atoms with Crippen molar-refractivity contribution in [1.82, 2.24) is 4.98 Å². The summed E-state index contributed by atoms with van der Waals surface area (Å²) in [5.41, 5.74) is 2.59. The van der Waals surface area contributed by atoms with Crippen molar-refractivity contribution in [3.05, 3.63) is 65.7 Å². The number of Topliss-reactive ketones (excluding diaryl/α,β-unsaturated/α-hetero) is 1. The molecule has 0 bridgehead atoms. The molecule has 7 nitrogen and oxygen atoms in total. The third kappa shape index (κ3) is 6.28. The Morgan fingerprint density at radius 1 is 1.13 bits per heavy atom. The number of ether oxygens (including phenoxy) is 1. The lowest BCUT2D eigenvalue weighted by Crippen LogP contribution is -2.25. The third-order valence-electron chi connectivity index (χ3n) is 4.39. The van der Waals surface area contributed by atoms with Gasteiger partial charge in [-0.2, -0.15) is 0 Å². The molecule has 31 heavy (non-hydrogen) atoms. The van der Waals surface area contributed by atoms with Gasteiger partial charge < -0.3 is 4.74 Å². The highest BCUT2D eigenvalue weighted by atomic mass is 32.2. The lowest BCUT2D eigenvalue weighted by molar-refractivity contribution is -0.143. The minimum atomic E-state index is -3.40. The molecule has 0 aliphatic rings. The molecule has 0 spiro atoms. The number of sulfonamides is 1. The van der Waals surface area contributed by atoms with E-state index in [2.05, 4.69) is 9.71 Å². The van der Waals surface area contributed by atoms with Gasteiger partial charge in [-0.1, -0.05) is 30.0 Å². The maximum atomic E-state index is 12.5. The molecule has 0 fully saturated rings. The number of aryl methyl sites for hydroxylation is 1. The number of benzene rings is 2. The fraction of sp³-hybridized carbons (Fsp3) is 0.227. The van der Waals surface area contributed by atoms with Crippen molar-refractivity contribution in [3.63, 3.8) is 0 Å². The second-order valence-corrected chi connectivity index (χ2v) is 9.78. The molecule has 1 unspecified atom stereocenters. The zero-order valence-electron chi connectivity index (χ0n) is 17.3. The van der Waals surface area contributed by atoms with Crippen LogP contribution in [0.25, 0.3) is 10.9 Å². The van der Waals surface area contributed by atoms with Crippen molar-refractivity contribution in [2.75, 3.05) is 16.7 Å². The van der Waals surface area contributed by atoms with E-state index in [9.17, 15) is 18.0 Å². The third-order valence-corrected chi connectivity index (χ3v) is 5.88. The van der Waals surface area contributed by atoms with Crippen molar-refractivity contribution in [3.8, 4) is 0 Å². The SMILES string of the molecule is Cc1cc(SCC(=O)OC(C)C(=O)c2ccc(NS(C)(=O)=O)cc2)nc2ccccc12. The van der Waals surface area contributed by atoms with Crippen LogP contribution in [0.4, 0.5) is 5.69 Å². The zero-order chi connectivity index (χ0) is 22.6. The Bertz CT molecular complexity index is 1220. The summed E-state index contributed by atoms with van der Waals surface area (Å²) in [6, 6.07) is 15.6. The fourth-order valence-electron chi connectivity index (χ4n) is 2.96. The Kier molecular flexibility index (Phi) is 6.97. The Balaban J connectivity index is 1.57. The van der Waals surface area contributed by atoms with Gasteiger partial charge in [0.2, 0.25) is 15.8 Å². The lowest BCUT2D eigenvalue weighted by Gasteiger charge is -2.13. The Labute approximate surface area is 185 Å². The van der Waals surface area contributed by atoms with E-state index in [-0.39, 0.29) is 11.5 Å². The summed E-state index contributed by atoms with van der Waals surface area (Å²) in [4.78, 5) is 29.3. The predicted octanol–water partition coefficient (Wildman–Crippen LogP) is 3.82. The maximum Gasteiger partial charge on any atom is 0.317 e. The van der Waals surface area contributed by atoms with Gasteiger partial charge in [0, 0.05) is 16.6 Å². The van der Waals surface area contributed by atoms with E-state index in [1.807, 2.05) is 37.3 Å². The van der Waals surface area contributed by atoms with Crippen molar-refractivity contribution in [2.45, 2.75) is 25.0 Å². The molecule has 2 aromatic carbocycles. The number of nitrogens with zero attached hydrogens (tertiary/aromatic N) is 1. The summed E-state index contributed by atoms with van der Waals surface area (Å²) in [6.45, 7) is 3.50. The van der Waals surface area contributed by atoms with Crippen LogP contribution in [0.2, 0.25) is 0 Å². The molecule has 162 valence electrons. The number of para-hydroxylation sites is 1. The van der Waals surface area contributed by atoms with Gasteiger partial charge in [-0.3, -0.25) is 14.3 Å². The van der Waals surface area contributed by atoms with Crippen LogP contribution in [0.1, 0.15) is 22.8 Å². The highest BCUT2D eigenvalue weighted by Crippen LogP contribution is 2.24. The topological polar surface area (TPSA) is 102 Å². The van der Waals surface area contributed by atoms with E-state index in [0.717, 1.165) is 22.7 Å². The van der Waals surface area contributed by atoms with Gasteiger partial charge in [-0.15, -0.1) is 0 Å². The lowest BCUT2D eigenvalue weighted by atomic mass is 10.1. The first-order chi connectivity index (χ1) is 14.6. The molecule has 0 radical (unpaired) electrons. The number of esters is 1. The maximum absolute atomic E-state index is 12.5. The second kappa shape index (κ2) is 9.49. The number of nitrogens with one attached hydrogen (secondary N) is 1. The Morgan fingerprint density at radius 3 is 2.48 bits per heavy atom. The first kappa shape index (κ1) is 22.8. The molecular weight excluding hydrogens is 436 g/mol. The minimum absolute atomic E-state index is 0.0274. The molecule has 0 saturated carbocycles. The average Bonchev–Trinajstić information content (AvgIpc) is 2.71. The number of carbonyl (C=O) groups excluding carboxylic acids is 2. The number of hydrogen-bond acceptors (Lipinski definition) is 7. The molecule has 1 aromatic heterocycles. The molecule has 9 heteroatoms. The molecule has 1 N–H and O–H groups in total. The number of aromatic nitrogens is 1. The van der Waals surface area contributed by atoms with Gasteiger partial charge in [-0.25, -0.2) is 13.4 Å². The number of fused-ring (bicyclic) bond motifs is 1. The van der Waals surface area contributed by atoms with Gasteiger partial charge in [0.05, 0.1) is 22.6 Å². The van der Waals surface area contributed by atoms with Crippen molar-refractivity contribution < 1.29 is 22.7 Å². The minimum Gasteiger partial charge on any atom is -0.454 e.